The van der Waals surface area contributed by atoms with Gasteiger partial charge in [0.15, 0.2) is 0 Å². The van der Waals surface area contributed by atoms with E-state index < -0.39 is 0 Å². The molecule has 0 spiro atoms. The van der Waals surface area contributed by atoms with Crippen LogP contribution in [0.1, 0.15) is 15.9 Å². The third-order valence-electron chi connectivity index (χ3n) is 4.72. The maximum atomic E-state index is 12.5. The predicted molar refractivity (Wildman–Crippen MR) is 112 cm³/mol. The minimum Gasteiger partial charge on any atom is -0.379 e. The Morgan fingerprint density at radius 1 is 1.03 bits per heavy atom. The normalized spacial score (nSPS) is 14.3. The van der Waals surface area contributed by atoms with Crippen molar-refractivity contribution in [3.63, 3.8) is 0 Å². The maximum Gasteiger partial charge on any atom is 0.265 e. The monoisotopic (exact) mass is 405 g/mol. The van der Waals surface area contributed by atoms with Crippen LogP contribution in [0.4, 0.5) is 5.69 Å². The smallest absolute Gasteiger partial charge is 0.265 e. The molecule has 0 aliphatic carbocycles. The van der Waals surface area contributed by atoms with Gasteiger partial charge >= 0.3 is 0 Å². The molecule has 0 atom stereocenters. The summed E-state index contributed by atoms with van der Waals surface area (Å²) in [4.78, 5) is 24.8. The predicted octanol–water partition coefficient (Wildman–Crippen LogP) is 2.03. The Bertz CT molecular complexity index is 1010. The first-order valence-corrected chi connectivity index (χ1v) is 9.80. The largest absolute Gasteiger partial charge is 0.379 e. The summed E-state index contributed by atoms with van der Waals surface area (Å²) < 4.78 is 6.92. The van der Waals surface area contributed by atoms with Crippen molar-refractivity contribution in [2.45, 2.75) is 6.42 Å². The van der Waals surface area contributed by atoms with Crippen molar-refractivity contribution in [3.05, 3.63) is 78.1 Å². The van der Waals surface area contributed by atoms with Crippen molar-refractivity contribution in [3.8, 4) is 5.69 Å². The van der Waals surface area contributed by atoms with E-state index in [0.29, 0.717) is 44.0 Å². The highest BCUT2D eigenvalue weighted by molar-refractivity contribution is 5.94. The molecule has 0 radical (unpaired) electrons. The molecule has 1 aliphatic heterocycles. The number of anilines is 1. The van der Waals surface area contributed by atoms with Crippen LogP contribution in [0, 0.1) is 0 Å². The number of ether oxygens (including phenoxy) is 1. The standard InChI is InChI=1S/C22H23N5O3/c28-21(13-17-5-2-1-3-6-17)24-19-15-23-27(16-19)20-8-4-7-18(14-20)22(29)25-26-9-11-30-12-10-26/h1-8,14-16H,9-13H2,(H,24,28)(H,25,29). The summed E-state index contributed by atoms with van der Waals surface area (Å²) in [6, 6.07) is 16.7. The number of aromatic nitrogens is 2. The zero-order chi connectivity index (χ0) is 20.8. The lowest BCUT2D eigenvalue weighted by atomic mass is 10.1. The highest BCUT2D eigenvalue weighted by Gasteiger charge is 2.15. The molecule has 1 fully saturated rings. The average Bonchev–Trinajstić information content (AvgIpc) is 3.23. The van der Waals surface area contributed by atoms with E-state index in [9.17, 15) is 9.59 Å². The molecular formula is C22H23N5O3. The van der Waals surface area contributed by atoms with Gasteiger partial charge in [0.05, 0.1) is 43.4 Å². The van der Waals surface area contributed by atoms with Crippen molar-refractivity contribution >= 4 is 17.5 Å². The minimum absolute atomic E-state index is 0.112. The number of rotatable bonds is 6. The van der Waals surface area contributed by atoms with Crippen molar-refractivity contribution in [2.24, 2.45) is 0 Å². The Balaban J connectivity index is 1.39. The highest BCUT2D eigenvalue weighted by Crippen LogP contribution is 2.14. The first-order valence-electron chi connectivity index (χ1n) is 9.80. The van der Waals surface area contributed by atoms with Gasteiger partial charge in [-0.2, -0.15) is 5.10 Å². The lowest BCUT2D eigenvalue weighted by molar-refractivity contribution is -0.115. The Morgan fingerprint density at radius 2 is 1.83 bits per heavy atom. The number of carbonyl (C=O) groups excluding carboxylic acids is 2. The summed E-state index contributed by atoms with van der Waals surface area (Å²) in [5.41, 5.74) is 5.70. The zero-order valence-corrected chi connectivity index (χ0v) is 16.5. The van der Waals surface area contributed by atoms with Crippen LogP contribution < -0.4 is 10.7 Å². The number of hydrazine groups is 1. The van der Waals surface area contributed by atoms with Crippen LogP contribution in [-0.4, -0.2) is 52.9 Å². The van der Waals surface area contributed by atoms with Gasteiger partial charge in [0.2, 0.25) is 5.91 Å². The molecule has 0 bridgehead atoms. The van der Waals surface area contributed by atoms with Gasteiger partial charge in [0.25, 0.3) is 5.91 Å². The molecule has 8 heteroatoms. The van der Waals surface area contributed by atoms with Crippen LogP contribution in [0.5, 0.6) is 0 Å². The molecule has 3 aromatic rings. The SMILES string of the molecule is O=C(Cc1ccccc1)Nc1cnn(-c2cccc(C(=O)NN3CCOCC3)c2)c1. The van der Waals surface area contributed by atoms with Crippen molar-refractivity contribution < 1.29 is 14.3 Å². The maximum absolute atomic E-state index is 12.5. The Morgan fingerprint density at radius 3 is 2.63 bits per heavy atom. The number of carbonyl (C=O) groups is 2. The third-order valence-corrected chi connectivity index (χ3v) is 4.72. The quantitative estimate of drug-likeness (QED) is 0.655. The van der Waals surface area contributed by atoms with E-state index in [1.165, 1.54) is 0 Å². The molecule has 2 aromatic carbocycles. The van der Waals surface area contributed by atoms with Gasteiger partial charge in [0.1, 0.15) is 0 Å². The van der Waals surface area contributed by atoms with E-state index in [4.69, 9.17) is 4.74 Å². The van der Waals surface area contributed by atoms with Crippen LogP contribution in [0.3, 0.4) is 0 Å². The van der Waals surface area contributed by atoms with E-state index in [1.807, 2.05) is 41.4 Å². The molecular weight excluding hydrogens is 382 g/mol. The summed E-state index contributed by atoms with van der Waals surface area (Å²) in [5.74, 6) is -0.290. The second-order valence-electron chi connectivity index (χ2n) is 6.97. The fraction of sp³-hybridized carbons (Fsp3) is 0.227. The number of nitrogens with zero attached hydrogens (tertiary/aromatic N) is 3. The summed E-state index contributed by atoms with van der Waals surface area (Å²) in [7, 11) is 0. The Hall–Kier alpha value is -3.49. The Labute approximate surface area is 174 Å². The first kappa shape index (κ1) is 19.8. The summed E-state index contributed by atoms with van der Waals surface area (Å²) >= 11 is 0. The van der Waals surface area contributed by atoms with Crippen LogP contribution in [-0.2, 0) is 16.0 Å². The molecule has 2 amide bonds. The fourth-order valence-electron chi connectivity index (χ4n) is 3.19. The number of amides is 2. The van der Waals surface area contributed by atoms with Crippen molar-refractivity contribution in [1.29, 1.82) is 0 Å². The van der Waals surface area contributed by atoms with Gasteiger partial charge in [0, 0.05) is 18.7 Å². The van der Waals surface area contributed by atoms with Crippen molar-refractivity contribution in [2.75, 3.05) is 31.6 Å². The van der Waals surface area contributed by atoms with Crippen LogP contribution in [0.2, 0.25) is 0 Å². The second kappa shape index (κ2) is 9.34. The molecule has 8 nitrogen and oxygen atoms in total. The summed E-state index contributed by atoms with van der Waals surface area (Å²) in [6.45, 7) is 2.53. The molecule has 2 heterocycles. The number of nitrogens with one attached hydrogen (secondary N) is 2. The molecule has 2 N–H and O–H groups in total. The molecule has 1 aliphatic rings. The van der Waals surface area contributed by atoms with Crippen LogP contribution in [0.25, 0.3) is 5.69 Å². The van der Waals surface area contributed by atoms with E-state index in [-0.39, 0.29) is 11.8 Å². The van der Waals surface area contributed by atoms with Gasteiger partial charge < -0.3 is 10.1 Å². The number of hydrogen-bond acceptors (Lipinski definition) is 5. The Kier molecular flexibility index (Phi) is 6.17. The van der Waals surface area contributed by atoms with Gasteiger partial charge in [-0.1, -0.05) is 36.4 Å². The van der Waals surface area contributed by atoms with Gasteiger partial charge in [-0.05, 0) is 23.8 Å². The lowest BCUT2D eigenvalue weighted by Crippen LogP contribution is -2.48. The van der Waals surface area contributed by atoms with E-state index in [0.717, 1.165) is 11.3 Å². The number of hydrogen-bond donors (Lipinski definition) is 2. The van der Waals surface area contributed by atoms with E-state index in [2.05, 4.69) is 15.8 Å². The molecule has 4 rings (SSSR count). The first-order chi connectivity index (χ1) is 14.7. The highest BCUT2D eigenvalue weighted by atomic mass is 16.5. The number of benzene rings is 2. The lowest BCUT2D eigenvalue weighted by Gasteiger charge is -2.26. The molecule has 1 saturated heterocycles. The molecule has 0 saturated carbocycles. The number of morpholine rings is 1. The molecule has 0 unspecified atom stereocenters. The molecule has 154 valence electrons. The fourth-order valence-corrected chi connectivity index (χ4v) is 3.19. The minimum atomic E-state index is -0.178. The summed E-state index contributed by atoms with van der Waals surface area (Å²) in [6.07, 6.45) is 3.61. The molecule has 30 heavy (non-hydrogen) atoms. The summed E-state index contributed by atoms with van der Waals surface area (Å²) in [5, 5.41) is 9.01. The van der Waals surface area contributed by atoms with Gasteiger partial charge in [-0.15, -0.1) is 0 Å². The van der Waals surface area contributed by atoms with Crippen LogP contribution in [0.15, 0.2) is 67.0 Å². The zero-order valence-electron chi connectivity index (χ0n) is 16.5. The average molecular weight is 405 g/mol. The van der Waals surface area contributed by atoms with E-state index >= 15 is 0 Å². The topological polar surface area (TPSA) is 88.5 Å². The van der Waals surface area contributed by atoms with Crippen molar-refractivity contribution in [1.82, 2.24) is 20.2 Å². The van der Waals surface area contributed by atoms with Gasteiger partial charge in [-0.25, -0.2) is 9.69 Å². The molecule has 1 aromatic heterocycles. The second-order valence-corrected chi connectivity index (χ2v) is 6.97. The third kappa shape index (κ3) is 5.11. The van der Waals surface area contributed by atoms with Gasteiger partial charge in [-0.3, -0.25) is 15.0 Å². The van der Waals surface area contributed by atoms with Crippen LogP contribution >= 0.6 is 0 Å². The van der Waals surface area contributed by atoms with E-state index in [1.54, 1.807) is 35.3 Å².